The molecule has 0 bridgehead atoms. The first-order valence-electron chi connectivity index (χ1n) is 8.32. The van der Waals surface area contributed by atoms with Crippen molar-refractivity contribution in [1.82, 2.24) is 15.1 Å². The Balaban J connectivity index is 1.55. The number of aryl methyl sites for hydroxylation is 2. The van der Waals surface area contributed by atoms with E-state index in [0.717, 1.165) is 23.4 Å². The Hall–Kier alpha value is -2.31. The van der Waals surface area contributed by atoms with Gasteiger partial charge in [-0.25, -0.2) is 0 Å². The Bertz CT molecular complexity index is 904. The molecule has 3 rings (SSSR count). The van der Waals surface area contributed by atoms with Crippen LogP contribution >= 0.6 is 22.9 Å². The lowest BCUT2D eigenvalue weighted by atomic mass is 10.2. The maximum atomic E-state index is 12.3. The van der Waals surface area contributed by atoms with Crippen LogP contribution in [0.5, 0.6) is 5.75 Å². The predicted molar refractivity (Wildman–Crippen MR) is 104 cm³/mol. The lowest BCUT2D eigenvalue weighted by molar-refractivity contribution is 0.0954. The number of aromatic nitrogens is 2. The monoisotopic (exact) mass is 389 g/mol. The summed E-state index contributed by atoms with van der Waals surface area (Å²) in [6, 6.07) is 9.40. The van der Waals surface area contributed by atoms with Crippen molar-refractivity contribution < 1.29 is 9.53 Å². The quantitative estimate of drug-likeness (QED) is 0.650. The van der Waals surface area contributed by atoms with Crippen molar-refractivity contribution in [2.24, 2.45) is 0 Å². The van der Waals surface area contributed by atoms with Gasteiger partial charge in [0.05, 0.1) is 22.1 Å². The van der Waals surface area contributed by atoms with Crippen molar-refractivity contribution in [3.8, 4) is 5.75 Å². The van der Waals surface area contributed by atoms with Crippen LogP contribution in [0.25, 0.3) is 0 Å². The van der Waals surface area contributed by atoms with Crippen molar-refractivity contribution in [3.05, 3.63) is 68.6 Å². The smallest absolute Gasteiger partial charge is 0.261 e. The molecule has 0 fully saturated rings. The number of hydrogen-bond donors (Lipinski definition) is 1. The van der Waals surface area contributed by atoms with Gasteiger partial charge in [-0.1, -0.05) is 17.7 Å². The van der Waals surface area contributed by atoms with Gasteiger partial charge in [-0.2, -0.15) is 5.10 Å². The Morgan fingerprint density at radius 1 is 1.35 bits per heavy atom. The number of nitrogens with one attached hydrogen (secondary N) is 1. The summed E-state index contributed by atoms with van der Waals surface area (Å²) in [5.41, 5.74) is 2.86. The molecule has 136 valence electrons. The maximum Gasteiger partial charge on any atom is 0.261 e. The lowest BCUT2D eigenvalue weighted by Crippen LogP contribution is -2.22. The van der Waals surface area contributed by atoms with Crippen molar-refractivity contribution in [2.75, 3.05) is 0 Å². The second kappa shape index (κ2) is 8.38. The third kappa shape index (κ3) is 4.65. The molecule has 1 amide bonds. The number of ether oxygens (including phenoxy) is 1. The highest BCUT2D eigenvalue weighted by atomic mass is 35.5. The highest BCUT2D eigenvalue weighted by Gasteiger charge is 2.11. The molecule has 0 aliphatic rings. The summed E-state index contributed by atoms with van der Waals surface area (Å²) in [4.78, 5) is 12.9. The summed E-state index contributed by atoms with van der Waals surface area (Å²) in [5, 5.41) is 9.74. The van der Waals surface area contributed by atoms with Gasteiger partial charge < -0.3 is 10.1 Å². The van der Waals surface area contributed by atoms with Gasteiger partial charge in [0.1, 0.15) is 12.4 Å². The zero-order valence-corrected chi connectivity index (χ0v) is 16.2. The molecular formula is C19H20ClN3O2S. The number of hydrogen-bond acceptors (Lipinski definition) is 4. The predicted octanol–water partition coefficient (Wildman–Crippen LogP) is 4.44. The molecule has 0 radical (unpaired) electrons. The van der Waals surface area contributed by atoms with Crippen LogP contribution in [0, 0.1) is 6.92 Å². The standard InChI is InChI=1S/C19H20ClN3O2S/c1-3-23-7-6-15(22-23)10-21-19(24)18-9-14(12-26-18)11-25-17-8-13(2)4-5-16(17)20/h4-9,12H,3,10-11H2,1-2H3,(H,21,24). The van der Waals surface area contributed by atoms with E-state index in [1.807, 2.05) is 60.4 Å². The fraction of sp³-hybridized carbons (Fsp3) is 0.263. The van der Waals surface area contributed by atoms with Crippen LogP contribution in [0.1, 0.15) is 33.4 Å². The number of rotatable bonds is 7. The molecule has 2 aromatic heterocycles. The molecule has 0 atom stereocenters. The number of nitrogens with zero attached hydrogens (tertiary/aromatic N) is 2. The molecule has 5 nitrogen and oxygen atoms in total. The summed E-state index contributed by atoms with van der Waals surface area (Å²) < 4.78 is 7.60. The average Bonchev–Trinajstić information content (AvgIpc) is 3.29. The molecule has 0 aliphatic carbocycles. The SMILES string of the molecule is CCn1ccc(CNC(=O)c2cc(COc3cc(C)ccc3Cl)cs2)n1. The van der Waals surface area contributed by atoms with E-state index in [9.17, 15) is 4.79 Å². The fourth-order valence-corrected chi connectivity index (χ4v) is 3.37. The van der Waals surface area contributed by atoms with E-state index in [2.05, 4.69) is 10.4 Å². The molecule has 1 aromatic carbocycles. The van der Waals surface area contributed by atoms with E-state index in [-0.39, 0.29) is 5.91 Å². The van der Waals surface area contributed by atoms with Gasteiger partial charge in [-0.3, -0.25) is 9.48 Å². The van der Waals surface area contributed by atoms with Crippen LogP contribution < -0.4 is 10.1 Å². The van der Waals surface area contributed by atoms with Gasteiger partial charge in [-0.15, -0.1) is 11.3 Å². The number of carbonyl (C=O) groups is 1. The third-order valence-corrected chi connectivity index (χ3v) is 5.10. The fourth-order valence-electron chi connectivity index (χ4n) is 2.38. The van der Waals surface area contributed by atoms with Crippen LogP contribution in [0.4, 0.5) is 0 Å². The van der Waals surface area contributed by atoms with Crippen molar-refractivity contribution >= 4 is 28.8 Å². The van der Waals surface area contributed by atoms with Crippen molar-refractivity contribution in [2.45, 2.75) is 33.5 Å². The highest BCUT2D eigenvalue weighted by Crippen LogP contribution is 2.26. The number of thiophene rings is 1. The van der Waals surface area contributed by atoms with Crippen LogP contribution in [0.2, 0.25) is 5.02 Å². The second-order valence-corrected chi connectivity index (χ2v) is 7.21. The van der Waals surface area contributed by atoms with Crippen molar-refractivity contribution in [3.63, 3.8) is 0 Å². The largest absolute Gasteiger partial charge is 0.487 e. The summed E-state index contributed by atoms with van der Waals surface area (Å²) >= 11 is 7.53. The van der Waals surface area contributed by atoms with Crippen LogP contribution in [0.3, 0.4) is 0 Å². The van der Waals surface area contributed by atoms with Gasteiger partial charge in [0, 0.05) is 18.3 Å². The number of benzene rings is 1. The van der Waals surface area contributed by atoms with E-state index in [0.29, 0.717) is 28.8 Å². The first kappa shape index (κ1) is 18.5. The van der Waals surface area contributed by atoms with E-state index >= 15 is 0 Å². The van der Waals surface area contributed by atoms with Gasteiger partial charge in [0.15, 0.2) is 0 Å². The molecule has 0 saturated heterocycles. The normalized spacial score (nSPS) is 10.7. The average molecular weight is 390 g/mol. The van der Waals surface area contributed by atoms with Crippen LogP contribution in [-0.4, -0.2) is 15.7 Å². The Labute approximate surface area is 161 Å². The molecule has 0 unspecified atom stereocenters. The first-order valence-corrected chi connectivity index (χ1v) is 9.58. The zero-order valence-electron chi connectivity index (χ0n) is 14.7. The Morgan fingerprint density at radius 2 is 2.19 bits per heavy atom. The first-order chi connectivity index (χ1) is 12.5. The minimum Gasteiger partial charge on any atom is -0.487 e. The number of carbonyl (C=O) groups excluding carboxylic acids is 1. The summed E-state index contributed by atoms with van der Waals surface area (Å²) in [7, 11) is 0. The summed E-state index contributed by atoms with van der Waals surface area (Å²) in [6.45, 7) is 5.60. The number of amides is 1. The molecular weight excluding hydrogens is 370 g/mol. The van der Waals surface area contributed by atoms with E-state index in [4.69, 9.17) is 16.3 Å². The molecule has 1 N–H and O–H groups in total. The Morgan fingerprint density at radius 3 is 2.96 bits per heavy atom. The van der Waals surface area contributed by atoms with Gasteiger partial charge in [0.2, 0.25) is 0 Å². The van der Waals surface area contributed by atoms with Crippen molar-refractivity contribution in [1.29, 1.82) is 0 Å². The molecule has 3 aromatic rings. The number of halogens is 1. The topological polar surface area (TPSA) is 56.2 Å². The maximum absolute atomic E-state index is 12.3. The highest BCUT2D eigenvalue weighted by molar-refractivity contribution is 7.12. The third-order valence-electron chi connectivity index (χ3n) is 3.81. The minimum atomic E-state index is -0.110. The molecule has 7 heteroatoms. The van der Waals surface area contributed by atoms with Crippen LogP contribution in [-0.2, 0) is 19.7 Å². The second-order valence-electron chi connectivity index (χ2n) is 5.89. The summed E-state index contributed by atoms with van der Waals surface area (Å²) in [5.74, 6) is 0.538. The molecule has 0 aliphatic heterocycles. The molecule has 26 heavy (non-hydrogen) atoms. The molecule has 2 heterocycles. The minimum absolute atomic E-state index is 0.110. The molecule has 0 saturated carbocycles. The van der Waals surface area contributed by atoms with Gasteiger partial charge in [0.25, 0.3) is 5.91 Å². The Kier molecular flexibility index (Phi) is 5.96. The zero-order chi connectivity index (χ0) is 18.5. The lowest BCUT2D eigenvalue weighted by Gasteiger charge is -2.07. The van der Waals surface area contributed by atoms with Gasteiger partial charge >= 0.3 is 0 Å². The van der Waals surface area contributed by atoms with E-state index in [1.165, 1.54) is 11.3 Å². The van der Waals surface area contributed by atoms with Crippen LogP contribution in [0.15, 0.2) is 41.9 Å². The molecule has 0 spiro atoms. The summed E-state index contributed by atoms with van der Waals surface area (Å²) in [6.07, 6.45) is 1.90. The van der Waals surface area contributed by atoms with Gasteiger partial charge in [-0.05, 0) is 49.1 Å². The van der Waals surface area contributed by atoms with E-state index in [1.54, 1.807) is 0 Å². The van der Waals surface area contributed by atoms with E-state index < -0.39 is 0 Å².